The summed E-state index contributed by atoms with van der Waals surface area (Å²) in [5, 5.41) is 9.59. The van der Waals surface area contributed by atoms with E-state index in [2.05, 4.69) is 15.5 Å². The molecule has 140 valence electrons. The Hall–Kier alpha value is -2.19. The first-order valence-corrected chi connectivity index (χ1v) is 10.1. The summed E-state index contributed by atoms with van der Waals surface area (Å²) in [7, 11) is -3.67. The highest BCUT2D eigenvalue weighted by atomic mass is 32.2. The molecule has 3 rings (SSSR count). The predicted octanol–water partition coefficient (Wildman–Crippen LogP) is 2.37. The van der Waals surface area contributed by atoms with Gasteiger partial charge in [0.25, 0.3) is 0 Å². The molecule has 1 fully saturated rings. The summed E-state index contributed by atoms with van der Waals surface area (Å²) in [5.41, 5.74) is 2.81. The number of benzene rings is 1. The number of aromatic amines is 1. The number of piperidine rings is 1. The van der Waals surface area contributed by atoms with E-state index in [4.69, 9.17) is 0 Å². The molecular weight excluding hydrogens is 352 g/mol. The Labute approximate surface area is 153 Å². The Morgan fingerprint density at radius 1 is 1.23 bits per heavy atom. The van der Waals surface area contributed by atoms with Crippen molar-refractivity contribution in [2.45, 2.75) is 38.5 Å². The fourth-order valence-electron chi connectivity index (χ4n) is 3.31. The number of hydrogen-bond donors (Lipinski definition) is 2. The van der Waals surface area contributed by atoms with Gasteiger partial charge in [0.05, 0.1) is 17.3 Å². The lowest BCUT2D eigenvalue weighted by molar-refractivity contribution is -0.120. The lowest BCUT2D eigenvalue weighted by Crippen LogP contribution is -2.43. The SMILES string of the molecule is Cc1ccc(NC(=O)C2CCCN(S(=O)(=O)c3c(C)n[nH]c3C)C2)cc1. The maximum absolute atomic E-state index is 13.0. The quantitative estimate of drug-likeness (QED) is 0.856. The molecule has 1 unspecified atom stereocenters. The number of carbonyl (C=O) groups is 1. The maximum atomic E-state index is 13.0. The minimum atomic E-state index is -3.67. The molecule has 0 saturated carbocycles. The molecule has 0 aliphatic carbocycles. The highest BCUT2D eigenvalue weighted by Crippen LogP contribution is 2.27. The van der Waals surface area contributed by atoms with Crippen molar-refractivity contribution in [1.82, 2.24) is 14.5 Å². The third-order valence-electron chi connectivity index (χ3n) is 4.73. The number of sulfonamides is 1. The second-order valence-electron chi connectivity index (χ2n) is 6.82. The number of anilines is 1. The number of nitrogens with one attached hydrogen (secondary N) is 2. The van der Waals surface area contributed by atoms with Gasteiger partial charge in [0.1, 0.15) is 4.90 Å². The van der Waals surface area contributed by atoms with Crippen LogP contribution < -0.4 is 5.32 Å². The molecule has 1 amide bonds. The molecule has 7 nitrogen and oxygen atoms in total. The first-order chi connectivity index (χ1) is 12.3. The summed E-state index contributed by atoms with van der Waals surface area (Å²) in [6.45, 7) is 5.94. The summed E-state index contributed by atoms with van der Waals surface area (Å²) in [6, 6.07) is 7.56. The van der Waals surface area contributed by atoms with Crippen molar-refractivity contribution in [1.29, 1.82) is 0 Å². The number of aromatic nitrogens is 2. The van der Waals surface area contributed by atoms with Crippen LogP contribution in [0.25, 0.3) is 0 Å². The smallest absolute Gasteiger partial charge is 0.246 e. The van der Waals surface area contributed by atoms with Gasteiger partial charge in [-0.3, -0.25) is 9.89 Å². The first kappa shape index (κ1) is 18.6. The Balaban J connectivity index is 1.74. The van der Waals surface area contributed by atoms with Gasteiger partial charge in [-0.2, -0.15) is 9.40 Å². The number of nitrogens with zero attached hydrogens (tertiary/aromatic N) is 2. The second kappa shape index (κ2) is 7.20. The van der Waals surface area contributed by atoms with Gasteiger partial charge in [0.2, 0.25) is 15.9 Å². The van der Waals surface area contributed by atoms with Gasteiger partial charge < -0.3 is 5.32 Å². The van der Waals surface area contributed by atoms with E-state index in [9.17, 15) is 13.2 Å². The number of hydrogen-bond acceptors (Lipinski definition) is 4. The van der Waals surface area contributed by atoms with E-state index in [0.717, 1.165) is 11.3 Å². The molecule has 26 heavy (non-hydrogen) atoms. The number of carbonyl (C=O) groups excluding carboxylic acids is 1. The van der Waals surface area contributed by atoms with Crippen LogP contribution in [0.5, 0.6) is 0 Å². The van der Waals surface area contributed by atoms with Crippen LogP contribution in [0.2, 0.25) is 0 Å². The van der Waals surface area contributed by atoms with Crippen LogP contribution in [0.15, 0.2) is 29.2 Å². The van der Waals surface area contributed by atoms with Crippen LogP contribution in [0, 0.1) is 26.7 Å². The summed E-state index contributed by atoms with van der Waals surface area (Å²) in [6.07, 6.45) is 1.33. The van der Waals surface area contributed by atoms with Crippen molar-refractivity contribution in [2.75, 3.05) is 18.4 Å². The minimum absolute atomic E-state index is 0.144. The van der Waals surface area contributed by atoms with Crippen molar-refractivity contribution < 1.29 is 13.2 Å². The maximum Gasteiger partial charge on any atom is 0.246 e. The van der Waals surface area contributed by atoms with Crippen molar-refractivity contribution >= 4 is 21.6 Å². The van der Waals surface area contributed by atoms with Crippen LogP contribution in [0.4, 0.5) is 5.69 Å². The van der Waals surface area contributed by atoms with Crippen LogP contribution >= 0.6 is 0 Å². The zero-order chi connectivity index (χ0) is 18.9. The molecule has 0 radical (unpaired) electrons. The highest BCUT2D eigenvalue weighted by Gasteiger charge is 2.35. The summed E-state index contributed by atoms with van der Waals surface area (Å²) in [5.74, 6) is -0.512. The molecule has 1 aromatic carbocycles. The fourth-order valence-corrected chi connectivity index (χ4v) is 5.16. The molecule has 2 aromatic rings. The largest absolute Gasteiger partial charge is 0.326 e. The average Bonchev–Trinajstić information content (AvgIpc) is 2.96. The topological polar surface area (TPSA) is 95.2 Å². The van der Waals surface area contributed by atoms with Gasteiger partial charge >= 0.3 is 0 Å². The average molecular weight is 376 g/mol. The standard InChI is InChI=1S/C18H24N4O3S/c1-12-6-8-16(9-7-12)19-18(23)15-5-4-10-22(11-15)26(24,25)17-13(2)20-21-14(17)3/h6-9,15H,4-5,10-11H2,1-3H3,(H,19,23)(H,20,21). The van der Waals surface area contributed by atoms with E-state index >= 15 is 0 Å². The van der Waals surface area contributed by atoms with Gasteiger partial charge in [0.15, 0.2) is 0 Å². The minimum Gasteiger partial charge on any atom is -0.326 e. The normalized spacial score (nSPS) is 18.7. The Kier molecular flexibility index (Phi) is 5.15. The van der Waals surface area contributed by atoms with Crippen molar-refractivity contribution in [2.24, 2.45) is 5.92 Å². The Morgan fingerprint density at radius 2 is 1.92 bits per heavy atom. The molecule has 1 saturated heterocycles. The van der Waals surface area contributed by atoms with Crippen LogP contribution in [-0.2, 0) is 14.8 Å². The monoisotopic (exact) mass is 376 g/mol. The number of H-pyrrole nitrogens is 1. The van der Waals surface area contributed by atoms with E-state index in [1.807, 2.05) is 31.2 Å². The van der Waals surface area contributed by atoms with E-state index in [1.54, 1.807) is 13.8 Å². The van der Waals surface area contributed by atoms with Gasteiger partial charge in [-0.05, 0) is 45.7 Å². The molecule has 8 heteroatoms. The van der Waals surface area contributed by atoms with E-state index in [1.165, 1.54) is 4.31 Å². The Bertz CT molecular complexity index is 884. The van der Waals surface area contributed by atoms with Crippen LogP contribution in [0.1, 0.15) is 29.8 Å². The van der Waals surface area contributed by atoms with E-state index < -0.39 is 10.0 Å². The number of amides is 1. The third kappa shape index (κ3) is 3.66. The second-order valence-corrected chi connectivity index (χ2v) is 8.70. The fraction of sp³-hybridized carbons (Fsp3) is 0.444. The molecule has 1 atom stereocenters. The summed E-state index contributed by atoms with van der Waals surface area (Å²) < 4.78 is 27.4. The summed E-state index contributed by atoms with van der Waals surface area (Å²) in [4.78, 5) is 12.8. The molecular formula is C18H24N4O3S. The van der Waals surface area contributed by atoms with Gasteiger partial charge in [-0.1, -0.05) is 17.7 Å². The van der Waals surface area contributed by atoms with Crippen molar-refractivity contribution in [3.63, 3.8) is 0 Å². The molecule has 1 aromatic heterocycles. The number of aryl methyl sites for hydroxylation is 3. The van der Waals surface area contributed by atoms with Crippen LogP contribution in [0.3, 0.4) is 0 Å². The zero-order valence-electron chi connectivity index (χ0n) is 15.2. The van der Waals surface area contributed by atoms with Gasteiger partial charge in [0, 0.05) is 18.8 Å². The Morgan fingerprint density at radius 3 is 2.54 bits per heavy atom. The van der Waals surface area contributed by atoms with E-state index in [-0.39, 0.29) is 23.3 Å². The number of rotatable bonds is 4. The first-order valence-electron chi connectivity index (χ1n) is 8.68. The van der Waals surface area contributed by atoms with Gasteiger partial charge in [-0.25, -0.2) is 8.42 Å². The summed E-state index contributed by atoms with van der Waals surface area (Å²) >= 11 is 0. The lowest BCUT2D eigenvalue weighted by atomic mass is 9.98. The molecule has 0 bridgehead atoms. The lowest BCUT2D eigenvalue weighted by Gasteiger charge is -2.31. The van der Waals surface area contributed by atoms with Crippen molar-refractivity contribution in [3.05, 3.63) is 41.2 Å². The van der Waals surface area contributed by atoms with Crippen LogP contribution in [-0.4, -0.2) is 41.9 Å². The molecule has 1 aliphatic rings. The molecule has 2 N–H and O–H groups in total. The molecule has 1 aliphatic heterocycles. The highest BCUT2D eigenvalue weighted by molar-refractivity contribution is 7.89. The predicted molar refractivity (Wildman–Crippen MR) is 99.4 cm³/mol. The van der Waals surface area contributed by atoms with Crippen molar-refractivity contribution in [3.8, 4) is 0 Å². The zero-order valence-corrected chi connectivity index (χ0v) is 16.1. The van der Waals surface area contributed by atoms with E-state index in [0.29, 0.717) is 30.8 Å². The molecule has 0 spiro atoms. The molecule has 2 heterocycles. The third-order valence-corrected chi connectivity index (χ3v) is 6.86. The van der Waals surface area contributed by atoms with Gasteiger partial charge in [-0.15, -0.1) is 0 Å².